The zero-order chi connectivity index (χ0) is 12.8. The summed E-state index contributed by atoms with van der Waals surface area (Å²) in [6.07, 6.45) is 8.66. The lowest BCUT2D eigenvalue weighted by atomic mass is 10.0. The van der Waals surface area contributed by atoms with Gasteiger partial charge in [-0.1, -0.05) is 51.7 Å². The van der Waals surface area contributed by atoms with E-state index in [1.807, 2.05) is 0 Å². The fourth-order valence-corrected chi connectivity index (χ4v) is 3.00. The van der Waals surface area contributed by atoms with E-state index >= 15 is 0 Å². The molecule has 0 aliphatic heterocycles. The zero-order valence-electron chi connectivity index (χ0n) is 11.4. The van der Waals surface area contributed by atoms with Gasteiger partial charge in [0.1, 0.15) is 11.0 Å². The number of fused-ring (bicyclic) bond motifs is 1. The maximum atomic E-state index is 4.49. The minimum Gasteiger partial charge on any atom is -0.173 e. The van der Waals surface area contributed by atoms with Crippen molar-refractivity contribution >= 4 is 22.8 Å². The summed E-state index contributed by atoms with van der Waals surface area (Å²) >= 11 is 1.35. The van der Waals surface area contributed by atoms with Gasteiger partial charge in [-0.15, -0.1) is 0 Å². The van der Waals surface area contributed by atoms with Gasteiger partial charge in [-0.05, 0) is 30.4 Å². The third kappa shape index (κ3) is 3.08. The van der Waals surface area contributed by atoms with Crippen LogP contribution < -0.4 is 0 Å². The lowest BCUT2D eigenvalue weighted by Gasteiger charge is -2.05. The Morgan fingerprint density at radius 2 is 1.50 bits per heavy atom. The highest BCUT2D eigenvalue weighted by atomic mass is 32.1. The van der Waals surface area contributed by atoms with Crippen molar-refractivity contribution in [3.8, 4) is 0 Å². The normalized spacial score (nSPS) is 11.2. The lowest BCUT2D eigenvalue weighted by molar-refractivity contribution is 0.668. The van der Waals surface area contributed by atoms with Crippen LogP contribution in [-0.4, -0.2) is 8.75 Å². The third-order valence-electron chi connectivity index (χ3n) is 3.40. The van der Waals surface area contributed by atoms with Crippen molar-refractivity contribution in [2.75, 3.05) is 0 Å². The van der Waals surface area contributed by atoms with Crippen LogP contribution in [0.4, 0.5) is 0 Å². The van der Waals surface area contributed by atoms with Crippen LogP contribution in [0.25, 0.3) is 11.0 Å². The highest BCUT2D eigenvalue weighted by Gasteiger charge is 2.09. The summed E-state index contributed by atoms with van der Waals surface area (Å²) in [4.78, 5) is 0. The highest BCUT2D eigenvalue weighted by molar-refractivity contribution is 7.00. The molecule has 0 aliphatic rings. The van der Waals surface area contributed by atoms with Crippen molar-refractivity contribution in [2.45, 2.75) is 58.8 Å². The molecule has 0 saturated carbocycles. The molecular weight excluding hydrogens is 240 g/mol. The van der Waals surface area contributed by atoms with E-state index in [2.05, 4.69) is 34.7 Å². The summed E-state index contributed by atoms with van der Waals surface area (Å²) < 4.78 is 8.96. The van der Waals surface area contributed by atoms with Gasteiger partial charge in [0.2, 0.25) is 0 Å². The van der Waals surface area contributed by atoms with E-state index < -0.39 is 0 Å². The van der Waals surface area contributed by atoms with Crippen molar-refractivity contribution in [3.63, 3.8) is 0 Å². The predicted molar refractivity (Wildman–Crippen MR) is 79.3 cm³/mol. The van der Waals surface area contributed by atoms with Gasteiger partial charge in [0.25, 0.3) is 0 Å². The molecule has 18 heavy (non-hydrogen) atoms. The van der Waals surface area contributed by atoms with Gasteiger partial charge in [-0.2, -0.15) is 8.75 Å². The molecule has 0 saturated heterocycles. The number of benzene rings is 1. The Morgan fingerprint density at radius 1 is 0.833 bits per heavy atom. The van der Waals surface area contributed by atoms with Gasteiger partial charge in [-0.25, -0.2) is 0 Å². The highest BCUT2D eigenvalue weighted by Crippen LogP contribution is 2.23. The first kappa shape index (κ1) is 13.5. The number of hydrogen-bond donors (Lipinski definition) is 0. The average molecular weight is 262 g/mol. The SMILES string of the molecule is CCCCCCc1ccc(CCC)c2nsnc12. The maximum Gasteiger partial charge on any atom is 0.108 e. The van der Waals surface area contributed by atoms with E-state index in [9.17, 15) is 0 Å². The largest absolute Gasteiger partial charge is 0.173 e. The Kier molecular flexibility index (Phi) is 5.12. The predicted octanol–water partition coefficient (Wildman–Crippen LogP) is 4.77. The van der Waals surface area contributed by atoms with Crippen LogP contribution in [0, 0.1) is 0 Å². The molecule has 0 atom stereocenters. The van der Waals surface area contributed by atoms with E-state index in [4.69, 9.17) is 0 Å². The van der Waals surface area contributed by atoms with Gasteiger partial charge in [0.05, 0.1) is 11.7 Å². The van der Waals surface area contributed by atoms with Crippen LogP contribution >= 0.6 is 11.7 Å². The van der Waals surface area contributed by atoms with Crippen LogP contribution in [0.2, 0.25) is 0 Å². The van der Waals surface area contributed by atoms with Gasteiger partial charge < -0.3 is 0 Å². The molecule has 0 N–H and O–H groups in total. The Bertz CT molecular complexity index is 490. The van der Waals surface area contributed by atoms with Gasteiger partial charge in [0.15, 0.2) is 0 Å². The van der Waals surface area contributed by atoms with Crippen molar-refractivity contribution in [3.05, 3.63) is 23.3 Å². The number of unbranched alkanes of at least 4 members (excludes halogenated alkanes) is 3. The lowest BCUT2D eigenvalue weighted by Crippen LogP contribution is -1.92. The van der Waals surface area contributed by atoms with Crippen LogP contribution in [0.15, 0.2) is 12.1 Å². The fourth-order valence-electron chi connectivity index (χ4n) is 2.38. The van der Waals surface area contributed by atoms with Gasteiger partial charge in [-0.3, -0.25) is 0 Å². The molecule has 2 rings (SSSR count). The van der Waals surface area contributed by atoms with E-state index in [0.717, 1.165) is 23.9 Å². The van der Waals surface area contributed by atoms with Crippen LogP contribution in [0.3, 0.4) is 0 Å². The quantitative estimate of drug-likeness (QED) is 0.672. The molecule has 98 valence electrons. The summed E-state index contributed by atoms with van der Waals surface area (Å²) in [6, 6.07) is 4.52. The van der Waals surface area contributed by atoms with E-state index in [0.29, 0.717) is 0 Å². The molecule has 0 unspecified atom stereocenters. The Hall–Kier alpha value is -0.960. The van der Waals surface area contributed by atoms with Crippen molar-refractivity contribution < 1.29 is 0 Å². The number of hydrogen-bond acceptors (Lipinski definition) is 3. The number of aryl methyl sites for hydroxylation is 2. The third-order valence-corrected chi connectivity index (χ3v) is 3.93. The molecule has 0 bridgehead atoms. The summed E-state index contributed by atoms with van der Waals surface area (Å²) in [5, 5.41) is 0. The molecule has 2 aromatic rings. The fraction of sp³-hybridized carbons (Fsp3) is 0.600. The van der Waals surface area contributed by atoms with E-state index in [1.54, 1.807) is 0 Å². The summed E-state index contributed by atoms with van der Waals surface area (Å²) in [5.41, 5.74) is 5.05. The number of nitrogens with zero attached hydrogens (tertiary/aromatic N) is 2. The molecule has 1 heterocycles. The van der Waals surface area contributed by atoms with Crippen LogP contribution in [-0.2, 0) is 12.8 Å². The molecule has 0 spiro atoms. The first-order valence-corrected chi connectivity index (χ1v) is 7.82. The average Bonchev–Trinajstić information content (AvgIpc) is 2.86. The molecule has 2 nitrogen and oxygen atoms in total. The minimum atomic E-state index is 1.11. The van der Waals surface area contributed by atoms with Crippen molar-refractivity contribution in [1.29, 1.82) is 0 Å². The molecule has 1 aromatic heterocycles. The summed E-state index contributed by atoms with van der Waals surface area (Å²) in [5.74, 6) is 0. The summed E-state index contributed by atoms with van der Waals surface area (Å²) in [7, 11) is 0. The summed E-state index contributed by atoms with van der Waals surface area (Å²) in [6.45, 7) is 4.46. The standard InChI is InChI=1S/C15H22N2S/c1-3-5-6-7-9-13-11-10-12(8-4-2)14-15(13)17-18-16-14/h10-11H,3-9H2,1-2H3. The monoisotopic (exact) mass is 262 g/mol. The Morgan fingerprint density at radius 3 is 2.11 bits per heavy atom. The second-order valence-corrected chi connectivity index (χ2v) is 5.43. The second-order valence-electron chi connectivity index (χ2n) is 4.91. The minimum absolute atomic E-state index is 1.11. The molecule has 1 aromatic carbocycles. The molecule has 0 aliphatic carbocycles. The van der Waals surface area contributed by atoms with Gasteiger partial charge in [0, 0.05) is 0 Å². The molecular formula is C15H22N2S. The van der Waals surface area contributed by atoms with Crippen LogP contribution in [0.5, 0.6) is 0 Å². The van der Waals surface area contributed by atoms with E-state index in [1.165, 1.54) is 55.0 Å². The van der Waals surface area contributed by atoms with Crippen LogP contribution in [0.1, 0.15) is 57.1 Å². The molecule has 3 heteroatoms. The molecule has 0 amide bonds. The number of aromatic nitrogens is 2. The topological polar surface area (TPSA) is 25.8 Å². The molecule has 0 fully saturated rings. The maximum absolute atomic E-state index is 4.49. The number of rotatable bonds is 7. The second kappa shape index (κ2) is 6.83. The Labute approximate surface area is 114 Å². The first-order valence-electron chi connectivity index (χ1n) is 7.09. The first-order chi connectivity index (χ1) is 8.86. The zero-order valence-corrected chi connectivity index (χ0v) is 12.2. The van der Waals surface area contributed by atoms with Gasteiger partial charge >= 0.3 is 0 Å². The van der Waals surface area contributed by atoms with E-state index in [-0.39, 0.29) is 0 Å². The smallest absolute Gasteiger partial charge is 0.108 e. The van der Waals surface area contributed by atoms with Crippen molar-refractivity contribution in [2.24, 2.45) is 0 Å². The Balaban J connectivity index is 2.14. The van der Waals surface area contributed by atoms with Crippen molar-refractivity contribution in [1.82, 2.24) is 8.75 Å². The molecule has 0 radical (unpaired) electrons.